The van der Waals surface area contributed by atoms with Crippen molar-refractivity contribution in [1.29, 1.82) is 0 Å². The number of ether oxygens (including phenoxy) is 1. The lowest BCUT2D eigenvalue weighted by molar-refractivity contribution is -0.137. The van der Waals surface area contributed by atoms with E-state index in [4.69, 9.17) is 11.2 Å². The molecule has 0 fully saturated rings. The lowest BCUT2D eigenvalue weighted by Crippen LogP contribution is -2.53. The Labute approximate surface area is 221 Å². The average molecular weight is 506 g/mol. The molecule has 2 aromatic carbocycles. The standard InChI is InChI=1S/C30H39N3O4/c1-10-20(4)25(32-29(36)37-30(7,8)9)28(35)33(11-2)26(23-17-15-19(3)16-18-23)27(34)31-24-21(5)13-12-14-22(24)6/h2,12-18,20,25-26H,10H2,1,3-9H3,(H,31,34)(H,32,36). The van der Waals surface area contributed by atoms with Gasteiger partial charge in [-0.15, -0.1) is 0 Å². The molecule has 3 amide bonds. The molecule has 0 saturated heterocycles. The molecule has 0 spiro atoms. The Morgan fingerprint density at radius 2 is 1.59 bits per heavy atom. The first-order valence-corrected chi connectivity index (χ1v) is 12.5. The van der Waals surface area contributed by atoms with Gasteiger partial charge in [0.1, 0.15) is 17.7 Å². The fourth-order valence-electron chi connectivity index (χ4n) is 3.90. The van der Waals surface area contributed by atoms with Gasteiger partial charge in [-0.2, -0.15) is 0 Å². The van der Waals surface area contributed by atoms with Gasteiger partial charge in [-0.3, -0.25) is 14.5 Å². The SMILES string of the molecule is C#CN(C(=O)C(NC(=O)OC(C)(C)C)C(C)CC)C(C(=O)Nc1c(C)cccc1C)c1ccc(C)cc1. The predicted molar refractivity (Wildman–Crippen MR) is 147 cm³/mol. The minimum absolute atomic E-state index is 0.267. The Balaban J connectivity index is 2.51. The van der Waals surface area contributed by atoms with Crippen LogP contribution in [0.25, 0.3) is 0 Å². The molecule has 37 heavy (non-hydrogen) atoms. The maximum Gasteiger partial charge on any atom is 0.408 e. The quantitative estimate of drug-likeness (QED) is 0.358. The number of aryl methyl sites for hydroxylation is 3. The summed E-state index contributed by atoms with van der Waals surface area (Å²) in [5, 5.41) is 5.66. The molecule has 3 atom stereocenters. The number of rotatable bonds is 8. The number of nitrogens with one attached hydrogen (secondary N) is 2. The Bertz CT molecular complexity index is 1140. The number of alkyl carbamates (subject to hydrolysis) is 1. The summed E-state index contributed by atoms with van der Waals surface area (Å²) in [5.74, 6) is -1.28. The van der Waals surface area contributed by atoms with E-state index in [1.54, 1.807) is 32.9 Å². The molecule has 0 aromatic heterocycles. The summed E-state index contributed by atoms with van der Waals surface area (Å²) in [5.41, 5.74) is 3.26. The first kappa shape index (κ1) is 29.4. The van der Waals surface area contributed by atoms with Crippen molar-refractivity contribution >= 4 is 23.6 Å². The Morgan fingerprint density at radius 3 is 2.08 bits per heavy atom. The third-order valence-electron chi connectivity index (χ3n) is 6.16. The van der Waals surface area contributed by atoms with Crippen LogP contribution in [0.1, 0.15) is 69.3 Å². The van der Waals surface area contributed by atoms with Crippen molar-refractivity contribution in [3.05, 3.63) is 64.7 Å². The summed E-state index contributed by atoms with van der Waals surface area (Å²) in [6.45, 7) is 14.7. The second-order valence-corrected chi connectivity index (χ2v) is 10.4. The summed E-state index contributed by atoms with van der Waals surface area (Å²) >= 11 is 0. The van der Waals surface area contributed by atoms with E-state index in [1.165, 1.54) is 0 Å². The average Bonchev–Trinajstić information content (AvgIpc) is 2.82. The van der Waals surface area contributed by atoms with Gasteiger partial charge in [0.25, 0.3) is 11.8 Å². The number of hydrogen-bond acceptors (Lipinski definition) is 4. The maximum atomic E-state index is 13.9. The third kappa shape index (κ3) is 7.85. The van der Waals surface area contributed by atoms with Gasteiger partial charge < -0.3 is 15.4 Å². The third-order valence-corrected chi connectivity index (χ3v) is 6.16. The van der Waals surface area contributed by atoms with Gasteiger partial charge in [-0.05, 0) is 64.2 Å². The highest BCUT2D eigenvalue weighted by Crippen LogP contribution is 2.27. The zero-order chi connectivity index (χ0) is 27.9. The van der Waals surface area contributed by atoms with Crippen LogP contribution in [-0.2, 0) is 14.3 Å². The monoisotopic (exact) mass is 505 g/mol. The molecule has 0 bridgehead atoms. The molecule has 7 nitrogen and oxygen atoms in total. The summed E-state index contributed by atoms with van der Waals surface area (Å²) in [6, 6.07) is 13.3. The van der Waals surface area contributed by atoms with Crippen molar-refractivity contribution in [2.75, 3.05) is 5.32 Å². The molecule has 0 radical (unpaired) electrons. The van der Waals surface area contributed by atoms with Gasteiger partial charge in [0, 0.05) is 11.7 Å². The van der Waals surface area contributed by atoms with Crippen molar-refractivity contribution in [2.24, 2.45) is 5.92 Å². The molecule has 2 aromatic rings. The lowest BCUT2D eigenvalue weighted by Gasteiger charge is -2.32. The molecule has 0 aliphatic rings. The molecule has 0 aliphatic carbocycles. The second kappa shape index (κ2) is 12.4. The number of hydrogen-bond donors (Lipinski definition) is 2. The summed E-state index contributed by atoms with van der Waals surface area (Å²) < 4.78 is 5.39. The van der Waals surface area contributed by atoms with Crippen LogP contribution in [0, 0.1) is 39.2 Å². The van der Waals surface area contributed by atoms with E-state index >= 15 is 0 Å². The summed E-state index contributed by atoms with van der Waals surface area (Å²) in [4.78, 5) is 41.3. The summed E-state index contributed by atoms with van der Waals surface area (Å²) in [6.07, 6.45) is 5.74. The smallest absolute Gasteiger partial charge is 0.408 e. The first-order valence-electron chi connectivity index (χ1n) is 12.5. The molecule has 0 aliphatic heterocycles. The number of para-hydroxylation sites is 1. The first-order chi connectivity index (χ1) is 17.3. The van der Waals surface area contributed by atoms with Crippen LogP contribution in [0.15, 0.2) is 42.5 Å². The van der Waals surface area contributed by atoms with E-state index in [9.17, 15) is 14.4 Å². The predicted octanol–water partition coefficient (Wildman–Crippen LogP) is 5.65. The van der Waals surface area contributed by atoms with E-state index in [-0.39, 0.29) is 5.92 Å². The number of carbonyl (C=O) groups is 3. The second-order valence-electron chi connectivity index (χ2n) is 10.4. The van der Waals surface area contributed by atoms with Crippen LogP contribution in [-0.4, -0.2) is 34.5 Å². The topological polar surface area (TPSA) is 87.7 Å². The van der Waals surface area contributed by atoms with Crippen LogP contribution in [0.5, 0.6) is 0 Å². The fourth-order valence-corrected chi connectivity index (χ4v) is 3.90. The molecular weight excluding hydrogens is 466 g/mol. The highest BCUT2D eigenvalue weighted by Gasteiger charge is 2.38. The van der Waals surface area contributed by atoms with Crippen LogP contribution >= 0.6 is 0 Å². The number of carbonyl (C=O) groups excluding carboxylic acids is 3. The van der Waals surface area contributed by atoms with Crippen molar-refractivity contribution in [2.45, 2.75) is 79.5 Å². The van der Waals surface area contributed by atoms with E-state index in [2.05, 4.69) is 16.7 Å². The zero-order valence-electron chi connectivity index (χ0n) is 23.1. The molecule has 198 valence electrons. The summed E-state index contributed by atoms with van der Waals surface area (Å²) in [7, 11) is 0. The lowest BCUT2D eigenvalue weighted by atomic mass is 9.95. The number of amides is 3. The van der Waals surface area contributed by atoms with E-state index in [0.29, 0.717) is 17.7 Å². The van der Waals surface area contributed by atoms with Gasteiger partial charge in [-0.25, -0.2) is 4.79 Å². The number of anilines is 1. The van der Waals surface area contributed by atoms with Crippen LogP contribution in [0.3, 0.4) is 0 Å². The molecular formula is C30H39N3O4. The molecule has 7 heteroatoms. The molecule has 2 N–H and O–H groups in total. The normalized spacial score (nSPS) is 13.5. The van der Waals surface area contributed by atoms with E-state index in [0.717, 1.165) is 21.6 Å². The number of terminal acetylenes is 1. The molecule has 2 rings (SSSR count). The van der Waals surface area contributed by atoms with Crippen molar-refractivity contribution < 1.29 is 19.1 Å². The van der Waals surface area contributed by atoms with Crippen LogP contribution < -0.4 is 10.6 Å². The van der Waals surface area contributed by atoms with Crippen LogP contribution in [0.2, 0.25) is 0 Å². The van der Waals surface area contributed by atoms with E-state index < -0.39 is 35.6 Å². The fraction of sp³-hybridized carbons (Fsp3) is 0.433. The van der Waals surface area contributed by atoms with Gasteiger partial charge in [0.05, 0.1) is 0 Å². The van der Waals surface area contributed by atoms with Gasteiger partial charge in [0.15, 0.2) is 0 Å². The molecule has 3 unspecified atom stereocenters. The Morgan fingerprint density at radius 1 is 1.03 bits per heavy atom. The molecule has 0 heterocycles. The Hall–Kier alpha value is -3.79. The highest BCUT2D eigenvalue weighted by atomic mass is 16.6. The molecule has 0 saturated carbocycles. The number of nitrogens with zero attached hydrogens (tertiary/aromatic N) is 1. The minimum Gasteiger partial charge on any atom is -0.444 e. The largest absolute Gasteiger partial charge is 0.444 e. The number of benzene rings is 2. The van der Waals surface area contributed by atoms with Gasteiger partial charge in [0.2, 0.25) is 0 Å². The minimum atomic E-state index is -1.12. The van der Waals surface area contributed by atoms with Gasteiger partial charge in [-0.1, -0.05) is 74.7 Å². The Kier molecular flexibility index (Phi) is 9.90. The zero-order valence-corrected chi connectivity index (χ0v) is 23.1. The van der Waals surface area contributed by atoms with E-state index in [1.807, 2.05) is 65.0 Å². The van der Waals surface area contributed by atoms with Crippen molar-refractivity contribution in [1.82, 2.24) is 10.2 Å². The maximum absolute atomic E-state index is 13.9. The highest BCUT2D eigenvalue weighted by molar-refractivity contribution is 6.00. The van der Waals surface area contributed by atoms with Gasteiger partial charge >= 0.3 is 6.09 Å². The van der Waals surface area contributed by atoms with Crippen LogP contribution in [0.4, 0.5) is 10.5 Å². The van der Waals surface area contributed by atoms with Crippen molar-refractivity contribution in [3.8, 4) is 12.5 Å². The van der Waals surface area contributed by atoms with Crippen molar-refractivity contribution in [3.63, 3.8) is 0 Å².